The third-order valence-electron chi connectivity index (χ3n) is 6.76. The maximum atomic E-state index is 12.6. The molecule has 0 unspecified atom stereocenters. The second-order valence-corrected chi connectivity index (χ2v) is 8.41. The highest BCUT2D eigenvalue weighted by atomic mass is 35.5. The molecule has 1 aromatic carbocycles. The summed E-state index contributed by atoms with van der Waals surface area (Å²) in [4.78, 5) is 12.6. The number of fused-ring (bicyclic) bond motifs is 5. The number of hydrogen-bond acceptors (Lipinski definition) is 2. The van der Waals surface area contributed by atoms with E-state index in [0.29, 0.717) is 29.4 Å². The number of phenolic OH excluding ortho intramolecular Hbond substituents is 1. The number of phenols is 1. The Kier molecular flexibility index (Phi) is 3.14. The first-order valence-electron chi connectivity index (χ1n) is 8.42. The minimum atomic E-state index is -0.290. The van der Waals surface area contributed by atoms with Crippen LogP contribution in [0.2, 0.25) is 0 Å². The molecule has 2 nitrogen and oxygen atoms in total. The normalized spacial score (nSPS) is 43.4. The summed E-state index contributed by atoms with van der Waals surface area (Å²) in [6, 6.07) is 5.84. The lowest BCUT2D eigenvalue weighted by Gasteiger charge is -2.50. The standard InChI is InChI=1S/C19H23ClO2/c1-10-7-11-8-12(21)3-4-13(11)14-5-6-19(2)15(17(10)14)9-16(20)18(19)22/h3-4,8,10,14-17,21H,5-7,9H2,1-2H3/t10-,14-,15+,16-,17-,19+/m1/s1. The van der Waals surface area contributed by atoms with E-state index in [1.54, 1.807) is 0 Å². The van der Waals surface area contributed by atoms with Crippen molar-refractivity contribution in [2.45, 2.75) is 50.8 Å². The number of carbonyl (C=O) groups excluding carboxylic acids is 1. The number of halogens is 1. The Bertz CT molecular complexity index is 640. The second kappa shape index (κ2) is 4.74. The van der Waals surface area contributed by atoms with Crippen molar-refractivity contribution in [3.8, 4) is 5.75 Å². The van der Waals surface area contributed by atoms with Crippen LogP contribution in [0.1, 0.15) is 50.2 Å². The summed E-state index contributed by atoms with van der Waals surface area (Å²) in [6.45, 7) is 4.46. The quantitative estimate of drug-likeness (QED) is 0.725. The Morgan fingerprint density at radius 1 is 1.36 bits per heavy atom. The van der Waals surface area contributed by atoms with Gasteiger partial charge in [-0.2, -0.15) is 0 Å². The SMILES string of the molecule is C[C@@H]1Cc2cc(O)ccc2[C@H]2CC[C@]3(C)C(=O)[C@H](Cl)C[C@H]3[C@H]12. The molecule has 0 aromatic heterocycles. The number of benzene rings is 1. The molecule has 2 fully saturated rings. The van der Waals surface area contributed by atoms with Gasteiger partial charge in [0.15, 0.2) is 5.78 Å². The lowest BCUT2D eigenvalue weighted by molar-refractivity contribution is -0.129. The van der Waals surface area contributed by atoms with Gasteiger partial charge in [-0.3, -0.25) is 4.79 Å². The maximum Gasteiger partial charge on any atom is 0.156 e. The van der Waals surface area contributed by atoms with Crippen LogP contribution in [0, 0.1) is 23.2 Å². The van der Waals surface area contributed by atoms with Crippen LogP contribution in [0.25, 0.3) is 0 Å². The monoisotopic (exact) mass is 318 g/mol. The average Bonchev–Trinajstić information content (AvgIpc) is 2.70. The lowest BCUT2D eigenvalue weighted by atomic mass is 9.53. The lowest BCUT2D eigenvalue weighted by Crippen LogP contribution is -2.45. The van der Waals surface area contributed by atoms with E-state index < -0.39 is 0 Å². The molecule has 1 aromatic rings. The van der Waals surface area contributed by atoms with Gasteiger partial charge in [-0.15, -0.1) is 11.6 Å². The number of aromatic hydroxyl groups is 1. The Morgan fingerprint density at radius 3 is 2.91 bits per heavy atom. The number of rotatable bonds is 0. The summed E-state index contributed by atoms with van der Waals surface area (Å²) in [5, 5.41) is 9.48. The molecule has 22 heavy (non-hydrogen) atoms. The van der Waals surface area contributed by atoms with E-state index in [1.165, 1.54) is 11.1 Å². The molecule has 0 heterocycles. The van der Waals surface area contributed by atoms with Crippen molar-refractivity contribution in [1.82, 2.24) is 0 Å². The molecule has 0 amide bonds. The Labute approximate surface area is 136 Å². The number of hydrogen-bond donors (Lipinski definition) is 1. The van der Waals surface area contributed by atoms with E-state index in [-0.39, 0.29) is 16.6 Å². The van der Waals surface area contributed by atoms with Gasteiger partial charge in [-0.25, -0.2) is 0 Å². The van der Waals surface area contributed by atoms with E-state index in [0.717, 1.165) is 25.7 Å². The van der Waals surface area contributed by atoms with Crippen LogP contribution in [0.5, 0.6) is 5.75 Å². The van der Waals surface area contributed by atoms with E-state index >= 15 is 0 Å². The molecular formula is C19H23ClO2. The zero-order valence-corrected chi connectivity index (χ0v) is 13.9. The van der Waals surface area contributed by atoms with E-state index in [2.05, 4.69) is 19.9 Å². The highest BCUT2D eigenvalue weighted by molar-refractivity contribution is 6.32. The summed E-state index contributed by atoms with van der Waals surface area (Å²) in [5.41, 5.74) is 2.48. The summed E-state index contributed by atoms with van der Waals surface area (Å²) >= 11 is 6.34. The van der Waals surface area contributed by atoms with Crippen LogP contribution in [-0.2, 0) is 11.2 Å². The fourth-order valence-corrected chi connectivity index (χ4v) is 6.16. The number of alkyl halides is 1. The van der Waals surface area contributed by atoms with Crippen molar-refractivity contribution in [3.63, 3.8) is 0 Å². The first-order valence-corrected chi connectivity index (χ1v) is 8.85. The summed E-state index contributed by atoms with van der Waals surface area (Å²) < 4.78 is 0. The number of Topliss-reactive ketones (excluding diaryl/α,β-unsaturated/α-hetero) is 1. The Balaban J connectivity index is 1.77. The molecule has 0 aliphatic heterocycles. The van der Waals surface area contributed by atoms with Crippen LogP contribution < -0.4 is 0 Å². The predicted octanol–water partition coefficient (Wildman–Crippen LogP) is 4.28. The molecule has 0 radical (unpaired) electrons. The van der Waals surface area contributed by atoms with Crippen LogP contribution in [0.4, 0.5) is 0 Å². The molecular weight excluding hydrogens is 296 g/mol. The summed E-state index contributed by atoms with van der Waals surface area (Å²) in [6.07, 6.45) is 3.86. The van der Waals surface area contributed by atoms with E-state index in [4.69, 9.17) is 11.6 Å². The highest BCUT2D eigenvalue weighted by Crippen LogP contribution is 2.61. The van der Waals surface area contributed by atoms with Crippen molar-refractivity contribution >= 4 is 17.4 Å². The third-order valence-corrected chi connectivity index (χ3v) is 7.13. The smallest absolute Gasteiger partial charge is 0.156 e. The van der Waals surface area contributed by atoms with Crippen molar-refractivity contribution < 1.29 is 9.90 Å². The zero-order valence-electron chi connectivity index (χ0n) is 13.2. The third kappa shape index (κ3) is 1.83. The van der Waals surface area contributed by atoms with Crippen LogP contribution in [-0.4, -0.2) is 16.3 Å². The van der Waals surface area contributed by atoms with Gasteiger partial charge in [0, 0.05) is 5.41 Å². The van der Waals surface area contributed by atoms with Crippen LogP contribution in [0.15, 0.2) is 18.2 Å². The molecule has 3 heteroatoms. The van der Waals surface area contributed by atoms with Gasteiger partial charge in [0.05, 0.1) is 5.38 Å². The van der Waals surface area contributed by atoms with Crippen molar-refractivity contribution in [2.75, 3.05) is 0 Å². The molecule has 0 bridgehead atoms. The first-order chi connectivity index (χ1) is 10.4. The average molecular weight is 319 g/mol. The van der Waals surface area contributed by atoms with Crippen LogP contribution in [0.3, 0.4) is 0 Å². The van der Waals surface area contributed by atoms with Gasteiger partial charge in [-0.05, 0) is 72.6 Å². The molecule has 118 valence electrons. The van der Waals surface area contributed by atoms with Gasteiger partial charge < -0.3 is 5.11 Å². The maximum absolute atomic E-state index is 12.6. The fourth-order valence-electron chi connectivity index (χ4n) is 5.72. The van der Waals surface area contributed by atoms with Gasteiger partial charge in [-0.1, -0.05) is 19.9 Å². The summed E-state index contributed by atoms with van der Waals surface area (Å²) in [7, 11) is 0. The minimum Gasteiger partial charge on any atom is -0.508 e. The Hall–Kier alpha value is -1.02. The zero-order chi connectivity index (χ0) is 15.6. The van der Waals surface area contributed by atoms with Crippen LogP contribution >= 0.6 is 11.6 Å². The van der Waals surface area contributed by atoms with Crippen molar-refractivity contribution in [3.05, 3.63) is 29.3 Å². The van der Waals surface area contributed by atoms with E-state index in [1.807, 2.05) is 12.1 Å². The summed E-state index contributed by atoms with van der Waals surface area (Å²) in [5.74, 6) is 2.66. The topological polar surface area (TPSA) is 37.3 Å². The fraction of sp³-hybridized carbons (Fsp3) is 0.632. The molecule has 2 saturated carbocycles. The van der Waals surface area contributed by atoms with Crippen molar-refractivity contribution in [1.29, 1.82) is 0 Å². The molecule has 4 rings (SSSR count). The molecule has 0 saturated heterocycles. The largest absolute Gasteiger partial charge is 0.508 e. The molecule has 3 aliphatic carbocycles. The Morgan fingerprint density at radius 2 is 2.14 bits per heavy atom. The molecule has 3 aliphatic rings. The van der Waals surface area contributed by atoms with Gasteiger partial charge >= 0.3 is 0 Å². The number of carbonyl (C=O) groups is 1. The second-order valence-electron chi connectivity index (χ2n) is 7.88. The minimum absolute atomic E-state index is 0.212. The molecule has 1 N–H and O–H groups in total. The van der Waals surface area contributed by atoms with Gasteiger partial charge in [0.1, 0.15) is 5.75 Å². The van der Waals surface area contributed by atoms with Gasteiger partial charge in [0.2, 0.25) is 0 Å². The molecule has 6 atom stereocenters. The van der Waals surface area contributed by atoms with Crippen molar-refractivity contribution in [2.24, 2.45) is 23.2 Å². The first kappa shape index (κ1) is 14.6. The number of ketones is 1. The predicted molar refractivity (Wildman–Crippen MR) is 87.3 cm³/mol. The molecule has 0 spiro atoms. The highest BCUT2D eigenvalue weighted by Gasteiger charge is 2.59. The van der Waals surface area contributed by atoms with Gasteiger partial charge in [0.25, 0.3) is 0 Å². The van der Waals surface area contributed by atoms with E-state index in [9.17, 15) is 9.90 Å².